The fraction of sp³-hybridized carbons (Fsp3) is 0.200. The summed E-state index contributed by atoms with van der Waals surface area (Å²) in [4.78, 5) is 24.9. The number of hydrogen-bond donors (Lipinski definition) is 2. The number of rotatable bonds is 4. The fourth-order valence-electron chi connectivity index (χ4n) is 7.56. The van der Waals surface area contributed by atoms with Crippen LogP contribution in [0.2, 0.25) is 0 Å². The van der Waals surface area contributed by atoms with E-state index in [1.54, 1.807) is 23.8 Å². The Morgan fingerprint density at radius 2 is 1.43 bits per heavy atom. The SMILES string of the molecule is CC1(C)C=CC2=C(C1)CC(C)(C)c1c2ccc2cc(-c3ccc4ccccc4c3-c3cc(C(N)=O)ccc3C(N)=O)ccc12. The van der Waals surface area contributed by atoms with Gasteiger partial charge >= 0.3 is 0 Å². The van der Waals surface area contributed by atoms with E-state index >= 15 is 0 Å². The summed E-state index contributed by atoms with van der Waals surface area (Å²) < 4.78 is 0. The lowest BCUT2D eigenvalue weighted by Gasteiger charge is -2.40. The molecule has 7 rings (SSSR count). The van der Waals surface area contributed by atoms with E-state index in [4.69, 9.17) is 11.5 Å². The minimum atomic E-state index is -0.559. The summed E-state index contributed by atoms with van der Waals surface area (Å²) in [6, 6.07) is 28.3. The Balaban J connectivity index is 1.47. The highest BCUT2D eigenvalue weighted by atomic mass is 16.1. The lowest BCUT2D eigenvalue weighted by molar-refractivity contribution is 0.0989. The smallest absolute Gasteiger partial charge is 0.249 e. The first-order chi connectivity index (χ1) is 20.9. The van der Waals surface area contributed by atoms with Crippen LogP contribution in [0.4, 0.5) is 0 Å². The molecule has 0 fully saturated rings. The number of fused-ring (bicyclic) bond motifs is 5. The van der Waals surface area contributed by atoms with Gasteiger partial charge in [0.2, 0.25) is 11.8 Å². The number of carbonyl (C=O) groups is 2. The standard InChI is InChI=1S/C40H36N2O2/c1-39(2)18-17-28-27(21-39)22-40(3,4)36-31-14-10-24(19-25(31)11-15-32(28)36)30-13-9-23-7-5-6-8-29(23)35(30)34-20-26(37(41)43)12-16-33(34)38(42)44/h5-20H,21-22H2,1-4H3,(H2,41,43)(H2,42,44). The van der Waals surface area contributed by atoms with Crippen LogP contribution in [0.15, 0.2) is 103 Å². The van der Waals surface area contributed by atoms with Crippen LogP contribution in [-0.4, -0.2) is 11.8 Å². The third kappa shape index (κ3) is 4.44. The zero-order chi connectivity index (χ0) is 31.0. The number of benzene rings is 5. The first-order valence-corrected chi connectivity index (χ1v) is 15.2. The molecule has 4 heteroatoms. The monoisotopic (exact) mass is 576 g/mol. The van der Waals surface area contributed by atoms with Crippen molar-refractivity contribution in [1.82, 2.24) is 0 Å². The fourth-order valence-corrected chi connectivity index (χ4v) is 7.56. The summed E-state index contributed by atoms with van der Waals surface area (Å²) >= 11 is 0. The molecule has 44 heavy (non-hydrogen) atoms. The van der Waals surface area contributed by atoms with Crippen LogP contribution in [0.3, 0.4) is 0 Å². The van der Waals surface area contributed by atoms with E-state index in [9.17, 15) is 9.59 Å². The maximum absolute atomic E-state index is 12.7. The van der Waals surface area contributed by atoms with Gasteiger partial charge in [0.05, 0.1) is 0 Å². The Bertz CT molecular complexity index is 2130. The molecular weight excluding hydrogens is 540 g/mol. The Kier molecular flexibility index (Phi) is 6.19. The van der Waals surface area contributed by atoms with Gasteiger partial charge < -0.3 is 11.5 Å². The summed E-state index contributed by atoms with van der Waals surface area (Å²) in [5.74, 6) is -1.12. The number of allylic oxidation sites excluding steroid dienone is 4. The Morgan fingerprint density at radius 1 is 0.682 bits per heavy atom. The van der Waals surface area contributed by atoms with Crippen LogP contribution in [0.5, 0.6) is 0 Å². The molecule has 0 aliphatic heterocycles. The van der Waals surface area contributed by atoms with Gasteiger partial charge in [0.15, 0.2) is 0 Å². The molecule has 2 aliphatic rings. The topological polar surface area (TPSA) is 86.2 Å². The molecule has 0 unspecified atom stereocenters. The van der Waals surface area contributed by atoms with Crippen LogP contribution in [0.25, 0.3) is 49.4 Å². The second kappa shape index (κ2) is 9.78. The average molecular weight is 577 g/mol. The molecule has 0 bridgehead atoms. The van der Waals surface area contributed by atoms with Gasteiger partial charge in [0, 0.05) is 11.1 Å². The van der Waals surface area contributed by atoms with Crippen LogP contribution in [0, 0.1) is 5.41 Å². The Labute approximate surface area is 258 Å². The average Bonchev–Trinajstić information content (AvgIpc) is 2.98. The van der Waals surface area contributed by atoms with Crippen molar-refractivity contribution in [2.24, 2.45) is 16.9 Å². The molecule has 0 saturated carbocycles. The van der Waals surface area contributed by atoms with E-state index in [2.05, 4.69) is 82.3 Å². The summed E-state index contributed by atoms with van der Waals surface area (Å²) in [6.45, 7) is 9.37. The molecule has 0 saturated heterocycles. The second-order valence-electron chi connectivity index (χ2n) is 13.7. The van der Waals surface area contributed by atoms with Gasteiger partial charge in [0.25, 0.3) is 0 Å². The van der Waals surface area contributed by atoms with Gasteiger partial charge in [-0.15, -0.1) is 0 Å². The van der Waals surface area contributed by atoms with Crippen molar-refractivity contribution in [3.63, 3.8) is 0 Å². The maximum atomic E-state index is 12.7. The first kappa shape index (κ1) is 27.8. The highest BCUT2D eigenvalue weighted by Gasteiger charge is 2.36. The van der Waals surface area contributed by atoms with Crippen LogP contribution in [0.1, 0.15) is 72.4 Å². The van der Waals surface area contributed by atoms with Crippen molar-refractivity contribution in [2.45, 2.75) is 46.0 Å². The van der Waals surface area contributed by atoms with E-state index in [0.717, 1.165) is 40.3 Å². The third-order valence-electron chi connectivity index (χ3n) is 9.47. The summed E-state index contributed by atoms with van der Waals surface area (Å²) in [5.41, 5.74) is 21.5. The molecule has 4 N–H and O–H groups in total. The van der Waals surface area contributed by atoms with Crippen molar-refractivity contribution in [1.29, 1.82) is 0 Å². The van der Waals surface area contributed by atoms with Crippen molar-refractivity contribution >= 4 is 38.9 Å². The second-order valence-corrected chi connectivity index (χ2v) is 13.7. The molecule has 0 atom stereocenters. The molecule has 5 aromatic rings. The lowest BCUT2D eigenvalue weighted by Crippen LogP contribution is -2.27. The molecule has 2 aliphatic carbocycles. The molecule has 2 amide bonds. The van der Waals surface area contributed by atoms with Gasteiger partial charge in [-0.2, -0.15) is 0 Å². The van der Waals surface area contributed by atoms with Gasteiger partial charge in [-0.05, 0) is 108 Å². The molecule has 4 nitrogen and oxygen atoms in total. The largest absolute Gasteiger partial charge is 0.366 e. The van der Waals surface area contributed by atoms with Gasteiger partial charge in [-0.1, -0.05) is 106 Å². The zero-order valence-corrected chi connectivity index (χ0v) is 25.6. The molecule has 0 spiro atoms. The van der Waals surface area contributed by atoms with Crippen molar-refractivity contribution in [2.75, 3.05) is 0 Å². The predicted octanol–water partition coefficient (Wildman–Crippen LogP) is 8.95. The van der Waals surface area contributed by atoms with E-state index in [1.165, 1.54) is 27.5 Å². The Hall–Kier alpha value is -4.96. The summed E-state index contributed by atoms with van der Waals surface area (Å²) in [7, 11) is 0. The summed E-state index contributed by atoms with van der Waals surface area (Å²) in [5, 5.41) is 4.42. The normalized spacial score (nSPS) is 16.5. The van der Waals surface area contributed by atoms with E-state index in [1.807, 2.05) is 24.3 Å². The third-order valence-corrected chi connectivity index (χ3v) is 9.47. The molecule has 0 aromatic heterocycles. The number of amides is 2. The predicted molar refractivity (Wildman–Crippen MR) is 181 cm³/mol. The van der Waals surface area contributed by atoms with Crippen molar-refractivity contribution < 1.29 is 9.59 Å². The minimum Gasteiger partial charge on any atom is -0.366 e. The van der Waals surface area contributed by atoms with Gasteiger partial charge in [-0.3, -0.25) is 9.59 Å². The highest BCUT2D eigenvalue weighted by molar-refractivity contribution is 6.12. The molecule has 0 heterocycles. The summed E-state index contributed by atoms with van der Waals surface area (Å²) in [6.07, 6.45) is 6.83. The number of primary amides is 2. The first-order valence-electron chi connectivity index (χ1n) is 15.2. The van der Waals surface area contributed by atoms with E-state index < -0.39 is 11.8 Å². The lowest BCUT2D eigenvalue weighted by atomic mass is 9.64. The van der Waals surface area contributed by atoms with Crippen LogP contribution < -0.4 is 11.5 Å². The highest BCUT2D eigenvalue weighted by Crippen LogP contribution is 2.51. The molecule has 0 radical (unpaired) electrons. The van der Waals surface area contributed by atoms with Crippen LogP contribution in [-0.2, 0) is 5.41 Å². The van der Waals surface area contributed by atoms with E-state index in [0.29, 0.717) is 16.7 Å². The minimum absolute atomic E-state index is 0.00382. The quantitative estimate of drug-likeness (QED) is 0.224. The molecular formula is C40H36N2O2. The maximum Gasteiger partial charge on any atom is 0.249 e. The zero-order valence-electron chi connectivity index (χ0n) is 25.6. The van der Waals surface area contributed by atoms with E-state index in [-0.39, 0.29) is 10.8 Å². The number of carbonyl (C=O) groups excluding carboxylic acids is 2. The Morgan fingerprint density at radius 3 is 2.20 bits per heavy atom. The number of nitrogens with two attached hydrogens (primary N) is 2. The van der Waals surface area contributed by atoms with Gasteiger partial charge in [0.1, 0.15) is 0 Å². The molecule has 218 valence electrons. The van der Waals surface area contributed by atoms with Crippen molar-refractivity contribution in [3.05, 3.63) is 125 Å². The molecule has 5 aromatic carbocycles. The van der Waals surface area contributed by atoms with Crippen LogP contribution >= 0.6 is 0 Å². The number of hydrogen-bond acceptors (Lipinski definition) is 2. The van der Waals surface area contributed by atoms with Gasteiger partial charge in [-0.25, -0.2) is 0 Å². The van der Waals surface area contributed by atoms with Crippen molar-refractivity contribution in [3.8, 4) is 22.3 Å².